The molecule has 0 unspecified atom stereocenters. The molecule has 0 fully saturated rings. The first kappa shape index (κ1) is 13.5. The molecular weight excluding hydrogens is 212 g/mol. The number of allylic oxidation sites excluding steroid dienone is 1. The van der Waals surface area contributed by atoms with Crippen molar-refractivity contribution in [2.45, 2.75) is 39.0 Å². The molecule has 0 radical (unpaired) electrons. The third-order valence-corrected chi connectivity index (χ3v) is 2.51. The highest BCUT2D eigenvalue weighted by molar-refractivity contribution is 5.89. The Hall–Kier alpha value is -1.57. The molecule has 0 atom stereocenters. The van der Waals surface area contributed by atoms with Gasteiger partial charge in [-0.1, -0.05) is 44.4 Å². The van der Waals surface area contributed by atoms with E-state index in [2.05, 4.69) is 6.92 Å². The van der Waals surface area contributed by atoms with Gasteiger partial charge in [0.2, 0.25) is 0 Å². The Labute approximate surface area is 103 Å². The highest BCUT2D eigenvalue weighted by atomic mass is 16.5. The molecule has 2 heteroatoms. The van der Waals surface area contributed by atoms with E-state index in [0.717, 1.165) is 12.8 Å². The van der Waals surface area contributed by atoms with Gasteiger partial charge in [-0.05, 0) is 31.1 Å². The van der Waals surface area contributed by atoms with Gasteiger partial charge < -0.3 is 4.74 Å². The van der Waals surface area contributed by atoms with Gasteiger partial charge in [0, 0.05) is 0 Å². The number of carbonyl (C=O) groups excluding carboxylic acids is 1. The van der Waals surface area contributed by atoms with Crippen LogP contribution in [0.2, 0.25) is 0 Å². The van der Waals surface area contributed by atoms with E-state index in [-0.39, 0.29) is 5.97 Å². The van der Waals surface area contributed by atoms with Crippen LogP contribution in [0.3, 0.4) is 0 Å². The van der Waals surface area contributed by atoms with E-state index in [0.29, 0.717) is 5.56 Å². The maximum atomic E-state index is 11.5. The Kier molecular flexibility index (Phi) is 6.80. The quantitative estimate of drug-likeness (QED) is 0.397. The number of hydrogen-bond donors (Lipinski definition) is 0. The Morgan fingerprint density at radius 1 is 1.18 bits per heavy atom. The average Bonchev–Trinajstić information content (AvgIpc) is 2.38. The zero-order valence-corrected chi connectivity index (χ0v) is 10.4. The third kappa shape index (κ3) is 5.91. The van der Waals surface area contributed by atoms with Crippen molar-refractivity contribution in [3.05, 3.63) is 48.2 Å². The normalized spacial score (nSPS) is 10.6. The van der Waals surface area contributed by atoms with Crippen molar-refractivity contribution in [1.29, 1.82) is 0 Å². The molecule has 17 heavy (non-hydrogen) atoms. The summed E-state index contributed by atoms with van der Waals surface area (Å²) in [6.07, 6.45) is 9.31. The molecule has 1 aromatic carbocycles. The highest BCUT2D eigenvalue weighted by Crippen LogP contribution is 2.04. The highest BCUT2D eigenvalue weighted by Gasteiger charge is 2.02. The van der Waals surface area contributed by atoms with Crippen LogP contribution in [0, 0.1) is 0 Å². The molecule has 0 N–H and O–H groups in total. The fraction of sp³-hybridized carbons (Fsp3) is 0.400. The summed E-state index contributed by atoms with van der Waals surface area (Å²) in [5.41, 5.74) is 0.586. The first-order valence-corrected chi connectivity index (χ1v) is 6.25. The number of esters is 1. The summed E-state index contributed by atoms with van der Waals surface area (Å²) in [5, 5.41) is 0. The lowest BCUT2D eigenvalue weighted by atomic mass is 10.1. The second-order valence-electron chi connectivity index (χ2n) is 3.99. The lowest BCUT2D eigenvalue weighted by Crippen LogP contribution is -1.99. The fourth-order valence-corrected chi connectivity index (χ4v) is 1.51. The minimum absolute atomic E-state index is 0.296. The van der Waals surface area contributed by atoms with Crippen molar-refractivity contribution in [3.63, 3.8) is 0 Å². The summed E-state index contributed by atoms with van der Waals surface area (Å²) in [5.74, 6) is -0.296. The van der Waals surface area contributed by atoms with Gasteiger partial charge in [-0.2, -0.15) is 0 Å². The van der Waals surface area contributed by atoms with E-state index in [1.807, 2.05) is 24.3 Å². The third-order valence-electron chi connectivity index (χ3n) is 2.51. The van der Waals surface area contributed by atoms with Crippen LogP contribution in [0.1, 0.15) is 49.4 Å². The maximum absolute atomic E-state index is 11.5. The number of carbonyl (C=O) groups is 1. The van der Waals surface area contributed by atoms with Crippen LogP contribution in [-0.4, -0.2) is 5.97 Å². The van der Waals surface area contributed by atoms with Gasteiger partial charge in [-0.25, -0.2) is 4.79 Å². The predicted molar refractivity (Wildman–Crippen MR) is 69.8 cm³/mol. The van der Waals surface area contributed by atoms with E-state index in [9.17, 15) is 4.79 Å². The molecule has 0 heterocycles. The standard InChI is InChI=1S/C15H20O2/c1-2-3-4-5-6-10-13-17-15(16)14-11-8-7-9-12-14/h7-13H,2-6H2,1H3. The summed E-state index contributed by atoms with van der Waals surface area (Å²) in [4.78, 5) is 11.5. The van der Waals surface area contributed by atoms with Gasteiger partial charge in [0.25, 0.3) is 0 Å². The topological polar surface area (TPSA) is 26.3 Å². The van der Waals surface area contributed by atoms with E-state index >= 15 is 0 Å². The molecule has 0 spiro atoms. The van der Waals surface area contributed by atoms with Crippen LogP contribution in [0.5, 0.6) is 0 Å². The summed E-state index contributed by atoms with van der Waals surface area (Å²) < 4.78 is 5.02. The van der Waals surface area contributed by atoms with Crippen LogP contribution in [-0.2, 0) is 4.74 Å². The van der Waals surface area contributed by atoms with E-state index in [1.165, 1.54) is 25.5 Å². The molecule has 0 aliphatic heterocycles. The van der Waals surface area contributed by atoms with E-state index in [4.69, 9.17) is 4.74 Å². The Morgan fingerprint density at radius 2 is 1.94 bits per heavy atom. The molecule has 1 rings (SSSR count). The van der Waals surface area contributed by atoms with Crippen molar-refractivity contribution in [2.24, 2.45) is 0 Å². The molecular formula is C15H20O2. The van der Waals surface area contributed by atoms with Gasteiger partial charge in [0.15, 0.2) is 0 Å². The van der Waals surface area contributed by atoms with E-state index in [1.54, 1.807) is 12.1 Å². The second kappa shape index (κ2) is 8.57. The summed E-state index contributed by atoms with van der Waals surface area (Å²) >= 11 is 0. The number of rotatable bonds is 7. The molecule has 0 saturated carbocycles. The second-order valence-corrected chi connectivity index (χ2v) is 3.99. The largest absolute Gasteiger partial charge is 0.431 e. The van der Waals surface area contributed by atoms with Crippen molar-refractivity contribution in [1.82, 2.24) is 0 Å². The first-order valence-electron chi connectivity index (χ1n) is 6.25. The van der Waals surface area contributed by atoms with Crippen LogP contribution in [0.4, 0.5) is 0 Å². The van der Waals surface area contributed by atoms with Crippen LogP contribution >= 0.6 is 0 Å². The first-order chi connectivity index (χ1) is 8.34. The van der Waals surface area contributed by atoms with Gasteiger partial charge in [-0.15, -0.1) is 0 Å². The SMILES string of the molecule is CCCCCCC=COC(=O)c1ccccc1. The Balaban J connectivity index is 2.18. The molecule has 1 aromatic rings. The molecule has 92 valence electrons. The van der Waals surface area contributed by atoms with Crippen LogP contribution < -0.4 is 0 Å². The van der Waals surface area contributed by atoms with Gasteiger partial charge >= 0.3 is 5.97 Å². The minimum Gasteiger partial charge on any atom is -0.431 e. The average molecular weight is 232 g/mol. The van der Waals surface area contributed by atoms with Gasteiger partial charge in [0.05, 0.1) is 11.8 Å². The van der Waals surface area contributed by atoms with Crippen molar-refractivity contribution >= 4 is 5.97 Å². The Bertz CT molecular complexity index is 341. The smallest absolute Gasteiger partial charge is 0.342 e. The Morgan fingerprint density at radius 3 is 2.65 bits per heavy atom. The van der Waals surface area contributed by atoms with Crippen molar-refractivity contribution in [3.8, 4) is 0 Å². The number of ether oxygens (including phenoxy) is 1. The molecule has 0 aliphatic carbocycles. The summed E-state index contributed by atoms with van der Waals surface area (Å²) in [6, 6.07) is 9.02. The predicted octanol–water partition coefficient (Wildman–Crippen LogP) is 4.33. The molecule has 0 aliphatic rings. The number of unbranched alkanes of at least 4 members (excludes halogenated alkanes) is 4. The molecule has 0 saturated heterocycles. The molecule has 2 nitrogen and oxygen atoms in total. The molecule has 0 aromatic heterocycles. The summed E-state index contributed by atoms with van der Waals surface area (Å²) in [6.45, 7) is 2.19. The number of hydrogen-bond acceptors (Lipinski definition) is 2. The van der Waals surface area contributed by atoms with Gasteiger partial charge in [0.1, 0.15) is 0 Å². The van der Waals surface area contributed by atoms with Crippen molar-refractivity contribution in [2.75, 3.05) is 0 Å². The van der Waals surface area contributed by atoms with E-state index < -0.39 is 0 Å². The lowest BCUT2D eigenvalue weighted by molar-refractivity contribution is 0.0662. The zero-order chi connectivity index (χ0) is 12.3. The fourth-order valence-electron chi connectivity index (χ4n) is 1.51. The van der Waals surface area contributed by atoms with Crippen molar-refractivity contribution < 1.29 is 9.53 Å². The molecule has 0 bridgehead atoms. The van der Waals surface area contributed by atoms with Crippen LogP contribution in [0.15, 0.2) is 42.7 Å². The number of benzene rings is 1. The van der Waals surface area contributed by atoms with Crippen LogP contribution in [0.25, 0.3) is 0 Å². The maximum Gasteiger partial charge on any atom is 0.342 e. The minimum atomic E-state index is -0.296. The van der Waals surface area contributed by atoms with Gasteiger partial charge in [-0.3, -0.25) is 0 Å². The lowest BCUT2D eigenvalue weighted by Gasteiger charge is -1.98. The zero-order valence-electron chi connectivity index (χ0n) is 10.4. The summed E-state index contributed by atoms with van der Waals surface area (Å²) in [7, 11) is 0. The molecule has 0 amide bonds. The monoisotopic (exact) mass is 232 g/mol.